The fourth-order valence-electron chi connectivity index (χ4n) is 7.70. The Labute approximate surface area is 199 Å². The lowest BCUT2D eigenvalue weighted by Crippen LogP contribution is -2.27. The van der Waals surface area contributed by atoms with Crippen LogP contribution >= 0.6 is 0 Å². The zero-order valence-corrected chi connectivity index (χ0v) is 21.2. The molecule has 3 aliphatic carbocycles. The van der Waals surface area contributed by atoms with E-state index in [2.05, 4.69) is 26.0 Å². The van der Waals surface area contributed by atoms with Crippen LogP contribution in [0.25, 0.3) is 0 Å². The predicted octanol–water partition coefficient (Wildman–Crippen LogP) is 9.07. The first-order chi connectivity index (χ1) is 15.7. The van der Waals surface area contributed by atoms with Gasteiger partial charge in [-0.05, 0) is 74.0 Å². The zero-order valence-electron chi connectivity index (χ0n) is 21.2. The van der Waals surface area contributed by atoms with Crippen molar-refractivity contribution in [1.29, 1.82) is 10.5 Å². The molecule has 0 radical (unpaired) electrons. The quantitative estimate of drug-likeness (QED) is 0.341. The molecule has 0 amide bonds. The van der Waals surface area contributed by atoms with Crippen molar-refractivity contribution in [3.05, 3.63) is 0 Å². The lowest BCUT2D eigenvalue weighted by Gasteiger charge is -2.36. The van der Waals surface area contributed by atoms with E-state index >= 15 is 0 Å². The van der Waals surface area contributed by atoms with Gasteiger partial charge in [0, 0.05) is 11.8 Å². The number of hydrogen-bond donors (Lipinski definition) is 0. The smallest absolute Gasteiger partial charge is 0.0658 e. The van der Waals surface area contributed by atoms with Crippen molar-refractivity contribution < 1.29 is 0 Å². The minimum Gasteiger partial charge on any atom is -0.198 e. The van der Waals surface area contributed by atoms with Crippen molar-refractivity contribution in [2.45, 2.75) is 129 Å². The normalized spacial score (nSPS) is 35.4. The zero-order chi connectivity index (χ0) is 22.8. The molecule has 180 valence electrons. The second-order valence-corrected chi connectivity index (χ2v) is 12.0. The van der Waals surface area contributed by atoms with Crippen molar-refractivity contribution in [3.8, 4) is 12.1 Å². The molecule has 0 heterocycles. The topological polar surface area (TPSA) is 47.6 Å². The van der Waals surface area contributed by atoms with E-state index in [1.165, 1.54) is 103 Å². The van der Waals surface area contributed by atoms with Crippen LogP contribution in [0.2, 0.25) is 0 Å². The van der Waals surface area contributed by atoms with Gasteiger partial charge in [0.15, 0.2) is 0 Å². The lowest BCUT2D eigenvalue weighted by atomic mass is 9.68. The van der Waals surface area contributed by atoms with E-state index in [-0.39, 0.29) is 11.8 Å². The fraction of sp³-hybridized carbons (Fsp3) is 0.933. The molecular weight excluding hydrogens is 388 g/mol. The minimum atomic E-state index is 0.282. The third-order valence-corrected chi connectivity index (χ3v) is 9.79. The maximum atomic E-state index is 9.93. The molecule has 2 heteroatoms. The molecule has 0 spiro atoms. The Bertz CT molecular complexity index is 589. The highest BCUT2D eigenvalue weighted by atomic mass is 14.4. The largest absolute Gasteiger partial charge is 0.198 e. The average molecular weight is 439 g/mol. The summed E-state index contributed by atoms with van der Waals surface area (Å²) in [5.74, 6) is 5.26. The molecule has 0 saturated heterocycles. The Hall–Kier alpha value is -1.02. The highest BCUT2D eigenvalue weighted by molar-refractivity contribution is 4.95. The van der Waals surface area contributed by atoms with E-state index < -0.39 is 0 Å². The van der Waals surface area contributed by atoms with Gasteiger partial charge in [-0.25, -0.2) is 0 Å². The van der Waals surface area contributed by atoms with E-state index in [1.54, 1.807) is 0 Å². The summed E-state index contributed by atoms with van der Waals surface area (Å²) in [5.41, 5.74) is 0. The van der Waals surface area contributed by atoms with Crippen LogP contribution in [0.1, 0.15) is 129 Å². The molecule has 3 aliphatic rings. The van der Waals surface area contributed by atoms with E-state index in [1.807, 2.05) is 0 Å². The van der Waals surface area contributed by atoms with E-state index in [4.69, 9.17) is 0 Å². The van der Waals surface area contributed by atoms with Gasteiger partial charge in [-0.2, -0.15) is 10.5 Å². The molecule has 0 N–H and O–H groups in total. The minimum absolute atomic E-state index is 0.282. The van der Waals surface area contributed by atoms with Gasteiger partial charge in [0.25, 0.3) is 0 Å². The Morgan fingerprint density at radius 2 is 0.844 bits per heavy atom. The summed E-state index contributed by atoms with van der Waals surface area (Å²) >= 11 is 0. The van der Waals surface area contributed by atoms with Crippen LogP contribution in [0.4, 0.5) is 0 Å². The van der Waals surface area contributed by atoms with Gasteiger partial charge >= 0.3 is 0 Å². The van der Waals surface area contributed by atoms with E-state index in [0.717, 1.165) is 36.5 Å². The SMILES string of the molecule is CCC[C@H]1CC[C@H](CC(C#N)C2CCC(CC(C#N)[C@H]3CC[C@H](CCC)CC3)CC2)CC1. The van der Waals surface area contributed by atoms with Crippen molar-refractivity contribution >= 4 is 0 Å². The van der Waals surface area contributed by atoms with Gasteiger partial charge < -0.3 is 0 Å². The fourth-order valence-corrected chi connectivity index (χ4v) is 7.70. The standard InChI is InChI=1S/C30H50N2/c1-3-5-23-7-9-25(10-8-23)19-29(21-31)28-17-13-26(14-18-28)20-30(22-32)27-15-11-24(6-4-2)12-16-27/h23-30H,3-20H2,1-2H3/t23-,24-,25-,26?,27-,28?,29?,30?. The molecule has 2 nitrogen and oxygen atoms in total. The predicted molar refractivity (Wildman–Crippen MR) is 134 cm³/mol. The first-order valence-corrected chi connectivity index (χ1v) is 14.5. The molecule has 2 unspecified atom stereocenters. The van der Waals surface area contributed by atoms with Crippen LogP contribution in [0.15, 0.2) is 0 Å². The summed E-state index contributed by atoms with van der Waals surface area (Å²) in [5, 5.41) is 19.8. The molecule has 2 atom stereocenters. The number of rotatable bonds is 10. The third kappa shape index (κ3) is 7.51. The van der Waals surface area contributed by atoms with Gasteiger partial charge in [-0.3, -0.25) is 0 Å². The summed E-state index contributed by atoms with van der Waals surface area (Å²) in [6, 6.07) is 5.46. The van der Waals surface area contributed by atoms with Crippen LogP contribution in [0.5, 0.6) is 0 Å². The molecule has 3 rings (SSSR count). The summed E-state index contributed by atoms with van der Waals surface area (Å²) in [6.07, 6.45) is 23.5. The second-order valence-electron chi connectivity index (χ2n) is 12.0. The van der Waals surface area contributed by atoms with Gasteiger partial charge in [0.2, 0.25) is 0 Å². The molecule has 0 aromatic heterocycles. The van der Waals surface area contributed by atoms with Gasteiger partial charge in [0.05, 0.1) is 12.1 Å². The second kappa shape index (κ2) is 13.6. The van der Waals surface area contributed by atoms with Gasteiger partial charge in [-0.15, -0.1) is 0 Å². The van der Waals surface area contributed by atoms with Crippen LogP contribution < -0.4 is 0 Å². The van der Waals surface area contributed by atoms with E-state index in [9.17, 15) is 10.5 Å². The average Bonchev–Trinajstić information content (AvgIpc) is 2.83. The Kier molecular flexibility index (Phi) is 10.9. The maximum Gasteiger partial charge on any atom is 0.0658 e. The van der Waals surface area contributed by atoms with Crippen LogP contribution in [-0.4, -0.2) is 0 Å². The summed E-state index contributed by atoms with van der Waals surface area (Å²) in [4.78, 5) is 0. The van der Waals surface area contributed by atoms with Crippen molar-refractivity contribution in [2.24, 2.45) is 47.3 Å². The molecule has 3 saturated carbocycles. The first kappa shape index (κ1) is 25.6. The van der Waals surface area contributed by atoms with Crippen molar-refractivity contribution in [1.82, 2.24) is 0 Å². The highest BCUT2D eigenvalue weighted by Gasteiger charge is 2.34. The van der Waals surface area contributed by atoms with E-state index in [0.29, 0.717) is 11.8 Å². The Balaban J connectivity index is 1.39. The Morgan fingerprint density at radius 1 is 0.531 bits per heavy atom. The van der Waals surface area contributed by atoms with Gasteiger partial charge in [0.1, 0.15) is 0 Å². The van der Waals surface area contributed by atoms with Crippen molar-refractivity contribution in [2.75, 3.05) is 0 Å². The lowest BCUT2D eigenvalue weighted by molar-refractivity contribution is 0.156. The molecule has 0 bridgehead atoms. The molecule has 0 aromatic rings. The molecule has 32 heavy (non-hydrogen) atoms. The Morgan fingerprint density at radius 3 is 1.19 bits per heavy atom. The number of nitriles is 2. The van der Waals surface area contributed by atoms with Crippen molar-refractivity contribution in [3.63, 3.8) is 0 Å². The van der Waals surface area contributed by atoms with Crippen LogP contribution in [0.3, 0.4) is 0 Å². The molecule has 3 fully saturated rings. The van der Waals surface area contributed by atoms with Crippen LogP contribution in [-0.2, 0) is 0 Å². The van der Waals surface area contributed by atoms with Crippen LogP contribution in [0, 0.1) is 70.0 Å². The third-order valence-electron chi connectivity index (χ3n) is 9.79. The monoisotopic (exact) mass is 438 g/mol. The first-order valence-electron chi connectivity index (χ1n) is 14.5. The summed E-state index contributed by atoms with van der Waals surface area (Å²) in [6.45, 7) is 4.61. The summed E-state index contributed by atoms with van der Waals surface area (Å²) < 4.78 is 0. The number of nitrogens with zero attached hydrogens (tertiary/aromatic N) is 2. The molecule has 0 aliphatic heterocycles. The number of hydrogen-bond acceptors (Lipinski definition) is 2. The molecular formula is C30H50N2. The van der Waals surface area contributed by atoms with Gasteiger partial charge in [-0.1, -0.05) is 90.9 Å². The highest BCUT2D eigenvalue weighted by Crippen LogP contribution is 2.43. The molecule has 0 aromatic carbocycles. The summed E-state index contributed by atoms with van der Waals surface area (Å²) in [7, 11) is 0. The maximum absolute atomic E-state index is 9.93.